The molecule has 0 atom stereocenters. The molecule has 15 heavy (non-hydrogen) atoms. The highest BCUT2D eigenvalue weighted by Gasteiger charge is 2.03. The standard InChI is InChI=1S/C10H12BrFN2O/c1-14-10(13)15-5-4-7-6-8(11)2-3-9(7)12/h2-3,6H,4-5H2,1H3,(H2,13,14). The third-order valence-corrected chi connectivity index (χ3v) is 2.34. The smallest absolute Gasteiger partial charge is 0.281 e. The van der Waals surface area contributed by atoms with Gasteiger partial charge in [-0.25, -0.2) is 9.38 Å². The Bertz CT molecular complexity index is 368. The van der Waals surface area contributed by atoms with Gasteiger partial charge in [-0.1, -0.05) is 15.9 Å². The van der Waals surface area contributed by atoms with Crippen molar-refractivity contribution in [3.63, 3.8) is 0 Å². The van der Waals surface area contributed by atoms with Crippen LogP contribution in [0.15, 0.2) is 27.7 Å². The summed E-state index contributed by atoms with van der Waals surface area (Å²) in [7, 11) is 1.54. The van der Waals surface area contributed by atoms with Crippen molar-refractivity contribution in [2.75, 3.05) is 13.7 Å². The minimum Gasteiger partial charge on any atom is -0.465 e. The van der Waals surface area contributed by atoms with Gasteiger partial charge in [-0.05, 0) is 23.8 Å². The van der Waals surface area contributed by atoms with Gasteiger partial charge < -0.3 is 10.5 Å². The second kappa shape index (κ2) is 5.70. The van der Waals surface area contributed by atoms with Crippen LogP contribution in [-0.4, -0.2) is 19.7 Å². The van der Waals surface area contributed by atoms with Crippen molar-refractivity contribution in [3.8, 4) is 0 Å². The molecule has 0 radical (unpaired) electrons. The van der Waals surface area contributed by atoms with E-state index < -0.39 is 0 Å². The van der Waals surface area contributed by atoms with Crippen molar-refractivity contribution in [1.82, 2.24) is 0 Å². The minimum absolute atomic E-state index is 0.116. The highest BCUT2D eigenvalue weighted by atomic mass is 79.9. The van der Waals surface area contributed by atoms with Crippen molar-refractivity contribution in [1.29, 1.82) is 0 Å². The third-order valence-electron chi connectivity index (χ3n) is 1.85. The molecule has 0 spiro atoms. The number of ether oxygens (including phenoxy) is 1. The number of halogens is 2. The van der Waals surface area contributed by atoms with Crippen molar-refractivity contribution in [2.24, 2.45) is 10.7 Å². The summed E-state index contributed by atoms with van der Waals surface area (Å²) in [6.45, 7) is 0.316. The summed E-state index contributed by atoms with van der Waals surface area (Å²) in [4.78, 5) is 3.63. The van der Waals surface area contributed by atoms with Gasteiger partial charge in [0, 0.05) is 17.9 Å². The van der Waals surface area contributed by atoms with E-state index >= 15 is 0 Å². The lowest BCUT2D eigenvalue weighted by atomic mass is 10.1. The number of nitrogens with zero attached hydrogens (tertiary/aromatic N) is 1. The van der Waals surface area contributed by atoms with Gasteiger partial charge in [0.25, 0.3) is 6.02 Å². The molecule has 1 aromatic rings. The molecule has 0 unspecified atom stereocenters. The van der Waals surface area contributed by atoms with Gasteiger partial charge in [0.2, 0.25) is 0 Å². The molecule has 0 aliphatic rings. The number of hydrogen-bond donors (Lipinski definition) is 1. The molecule has 1 aromatic carbocycles. The number of benzene rings is 1. The van der Waals surface area contributed by atoms with Crippen molar-refractivity contribution < 1.29 is 9.13 Å². The van der Waals surface area contributed by atoms with E-state index in [4.69, 9.17) is 10.5 Å². The quantitative estimate of drug-likeness (QED) is 0.678. The molecule has 0 amide bonds. The molecule has 0 aliphatic carbocycles. The van der Waals surface area contributed by atoms with Gasteiger partial charge in [-0.15, -0.1) is 0 Å². The summed E-state index contributed by atoms with van der Waals surface area (Å²) < 4.78 is 19.1. The van der Waals surface area contributed by atoms with E-state index in [1.165, 1.54) is 13.1 Å². The van der Waals surface area contributed by atoms with Gasteiger partial charge >= 0.3 is 0 Å². The Balaban J connectivity index is 2.54. The molecule has 82 valence electrons. The van der Waals surface area contributed by atoms with Crippen LogP contribution in [0, 0.1) is 5.82 Å². The highest BCUT2D eigenvalue weighted by molar-refractivity contribution is 9.10. The summed E-state index contributed by atoms with van der Waals surface area (Å²) >= 11 is 3.27. The monoisotopic (exact) mass is 274 g/mol. The summed E-state index contributed by atoms with van der Waals surface area (Å²) in [6.07, 6.45) is 0.460. The fraction of sp³-hybridized carbons (Fsp3) is 0.300. The first-order valence-corrected chi connectivity index (χ1v) is 5.21. The van der Waals surface area contributed by atoms with Crippen LogP contribution in [0.1, 0.15) is 5.56 Å². The maximum Gasteiger partial charge on any atom is 0.281 e. The fourth-order valence-electron chi connectivity index (χ4n) is 1.07. The molecule has 0 heterocycles. The summed E-state index contributed by atoms with van der Waals surface area (Å²) in [5.74, 6) is -0.242. The predicted octanol–water partition coefficient (Wildman–Crippen LogP) is 2.09. The first kappa shape index (κ1) is 12.0. The zero-order chi connectivity index (χ0) is 11.3. The molecule has 0 aliphatic heterocycles. The van der Waals surface area contributed by atoms with Crippen LogP contribution in [0.25, 0.3) is 0 Å². The average molecular weight is 275 g/mol. The van der Waals surface area contributed by atoms with Crippen LogP contribution in [0.4, 0.5) is 4.39 Å². The fourth-order valence-corrected chi connectivity index (χ4v) is 1.47. The Morgan fingerprint density at radius 2 is 2.33 bits per heavy atom. The topological polar surface area (TPSA) is 47.6 Å². The summed E-state index contributed by atoms with van der Waals surface area (Å²) in [5, 5.41) is 0. The predicted molar refractivity (Wildman–Crippen MR) is 61.3 cm³/mol. The van der Waals surface area contributed by atoms with E-state index in [9.17, 15) is 4.39 Å². The van der Waals surface area contributed by atoms with Gasteiger partial charge in [-0.3, -0.25) is 0 Å². The zero-order valence-corrected chi connectivity index (χ0v) is 9.92. The lowest BCUT2D eigenvalue weighted by molar-refractivity contribution is 0.301. The Hall–Kier alpha value is -1.10. The number of nitrogens with two attached hydrogens (primary N) is 1. The van der Waals surface area contributed by atoms with E-state index in [1.807, 2.05) is 0 Å². The molecule has 1 rings (SSSR count). The number of hydrogen-bond acceptors (Lipinski definition) is 2. The highest BCUT2D eigenvalue weighted by Crippen LogP contribution is 2.15. The van der Waals surface area contributed by atoms with E-state index in [2.05, 4.69) is 20.9 Å². The maximum atomic E-state index is 13.2. The van der Waals surface area contributed by atoms with E-state index in [0.29, 0.717) is 18.6 Å². The second-order valence-electron chi connectivity index (χ2n) is 2.90. The second-order valence-corrected chi connectivity index (χ2v) is 3.81. The molecular formula is C10H12BrFN2O. The summed E-state index contributed by atoms with van der Waals surface area (Å²) in [5.41, 5.74) is 5.92. The van der Waals surface area contributed by atoms with Crippen LogP contribution in [-0.2, 0) is 11.2 Å². The number of aliphatic imine (C=N–C) groups is 1. The first-order valence-electron chi connectivity index (χ1n) is 4.42. The van der Waals surface area contributed by atoms with Crippen LogP contribution in [0.5, 0.6) is 0 Å². The van der Waals surface area contributed by atoms with Crippen LogP contribution in [0.3, 0.4) is 0 Å². The lowest BCUT2D eigenvalue weighted by Crippen LogP contribution is -2.17. The van der Waals surface area contributed by atoms with Crippen molar-refractivity contribution in [3.05, 3.63) is 34.1 Å². The Kier molecular flexibility index (Phi) is 4.55. The SMILES string of the molecule is CN=C(N)OCCc1cc(Br)ccc1F. The summed E-state index contributed by atoms with van der Waals surface area (Å²) in [6, 6.07) is 4.90. The molecule has 3 nitrogen and oxygen atoms in total. The van der Waals surface area contributed by atoms with Gasteiger partial charge in [0.15, 0.2) is 0 Å². The van der Waals surface area contributed by atoms with E-state index in [-0.39, 0.29) is 11.8 Å². The largest absolute Gasteiger partial charge is 0.465 e. The lowest BCUT2D eigenvalue weighted by Gasteiger charge is -2.05. The first-order chi connectivity index (χ1) is 7.13. The minimum atomic E-state index is -0.242. The molecule has 2 N–H and O–H groups in total. The van der Waals surface area contributed by atoms with E-state index in [0.717, 1.165) is 4.47 Å². The van der Waals surface area contributed by atoms with E-state index in [1.54, 1.807) is 12.1 Å². The molecule has 0 fully saturated rings. The molecule has 0 bridgehead atoms. The van der Waals surface area contributed by atoms with Crippen LogP contribution < -0.4 is 5.73 Å². The molecule has 0 saturated heterocycles. The Morgan fingerprint density at radius 1 is 1.60 bits per heavy atom. The average Bonchev–Trinajstić information content (AvgIpc) is 2.23. The van der Waals surface area contributed by atoms with Crippen LogP contribution >= 0.6 is 15.9 Å². The number of rotatable bonds is 3. The normalized spacial score (nSPS) is 11.5. The molecule has 5 heteroatoms. The van der Waals surface area contributed by atoms with Gasteiger partial charge in [0.1, 0.15) is 5.82 Å². The van der Waals surface area contributed by atoms with Crippen LogP contribution in [0.2, 0.25) is 0 Å². The zero-order valence-electron chi connectivity index (χ0n) is 8.34. The maximum absolute atomic E-state index is 13.2. The molecule has 0 saturated carbocycles. The Morgan fingerprint density at radius 3 is 3.00 bits per heavy atom. The van der Waals surface area contributed by atoms with Crippen molar-refractivity contribution in [2.45, 2.75) is 6.42 Å². The molecular weight excluding hydrogens is 263 g/mol. The van der Waals surface area contributed by atoms with Gasteiger partial charge in [0.05, 0.1) is 6.61 Å². The van der Waals surface area contributed by atoms with Crippen molar-refractivity contribution >= 4 is 22.0 Å². The third kappa shape index (κ3) is 3.87. The molecule has 0 aromatic heterocycles. The number of amidine groups is 1. The van der Waals surface area contributed by atoms with Gasteiger partial charge in [-0.2, -0.15) is 0 Å². The Labute approximate surface area is 96.3 Å².